The molecule has 0 saturated carbocycles. The molecule has 5 nitrogen and oxygen atoms in total. The molecule has 0 aliphatic rings. The molecule has 7 heteroatoms. The van der Waals surface area contributed by atoms with E-state index >= 15 is 0 Å². The molecule has 0 bridgehead atoms. The van der Waals surface area contributed by atoms with Crippen LogP contribution >= 0.6 is 0 Å². The molecule has 1 aromatic heterocycles. The minimum Gasteiger partial charge on any atom is -0.504 e. The number of benzene rings is 2. The average molecular weight is 348 g/mol. The number of esters is 1. The highest BCUT2D eigenvalue weighted by atomic mass is 19.1. The number of carbonyl (C=O) groups is 2. The zero-order valence-electron chi connectivity index (χ0n) is 13.2. The highest BCUT2D eigenvalue weighted by Gasteiger charge is 2.14. The molecule has 0 aliphatic carbocycles. The first-order valence-corrected chi connectivity index (χ1v) is 7.25. The fourth-order valence-electron chi connectivity index (χ4n) is 1.96. The number of fused-ring (bicyclic) bond motifs is 1. The predicted molar refractivity (Wildman–Crippen MR) is 85.6 cm³/mol. The lowest BCUT2D eigenvalue weighted by Crippen LogP contribution is -2.02. The van der Waals surface area contributed by atoms with Gasteiger partial charge in [0.1, 0.15) is 0 Å². The molecule has 0 radical (unpaired) electrons. The standard InChI is InChI=1S/C11H9FO3.C7H5FO2/c1-2-14-11(13)9-6-7-4-3-5-8(12)10(7)15-9;8-6-3-1-2-5(4-9)7(6)10/h3-6H,2H2,1H3;1-4,10H. The van der Waals surface area contributed by atoms with E-state index in [2.05, 4.69) is 0 Å². The normalized spacial score (nSPS) is 10.0. The van der Waals surface area contributed by atoms with Crippen LogP contribution in [0, 0.1) is 11.6 Å². The maximum atomic E-state index is 13.2. The molecular formula is C18H14F2O5. The number of hydrogen-bond donors (Lipinski definition) is 1. The highest BCUT2D eigenvalue weighted by Crippen LogP contribution is 2.22. The molecule has 0 fully saturated rings. The number of furan rings is 1. The fraction of sp³-hybridized carbons (Fsp3) is 0.111. The summed E-state index contributed by atoms with van der Waals surface area (Å²) in [5.41, 5.74) is 0.0561. The lowest BCUT2D eigenvalue weighted by atomic mass is 10.2. The second-order valence-electron chi connectivity index (χ2n) is 4.78. The van der Waals surface area contributed by atoms with Gasteiger partial charge in [-0.05, 0) is 31.2 Å². The van der Waals surface area contributed by atoms with Gasteiger partial charge in [-0.3, -0.25) is 4.79 Å². The first-order chi connectivity index (χ1) is 12.0. The van der Waals surface area contributed by atoms with Crippen molar-refractivity contribution in [3.05, 3.63) is 65.4 Å². The largest absolute Gasteiger partial charge is 0.504 e. The van der Waals surface area contributed by atoms with E-state index in [0.717, 1.165) is 6.07 Å². The van der Waals surface area contributed by atoms with Crippen molar-refractivity contribution in [3.8, 4) is 5.75 Å². The predicted octanol–water partition coefficient (Wildman–Crippen LogP) is 4.09. The summed E-state index contributed by atoms with van der Waals surface area (Å²) in [5.74, 6) is -2.39. The molecule has 1 N–H and O–H groups in total. The van der Waals surface area contributed by atoms with Gasteiger partial charge < -0.3 is 14.3 Å². The van der Waals surface area contributed by atoms with Crippen LogP contribution in [0.4, 0.5) is 8.78 Å². The van der Waals surface area contributed by atoms with Crippen molar-refractivity contribution in [1.29, 1.82) is 0 Å². The number of carbonyl (C=O) groups excluding carboxylic acids is 2. The maximum absolute atomic E-state index is 13.2. The summed E-state index contributed by atoms with van der Waals surface area (Å²) >= 11 is 0. The number of hydrogen-bond acceptors (Lipinski definition) is 5. The molecular weight excluding hydrogens is 334 g/mol. The molecule has 0 aliphatic heterocycles. The molecule has 2 aromatic carbocycles. The Morgan fingerprint density at radius 2 is 1.88 bits per heavy atom. The summed E-state index contributed by atoms with van der Waals surface area (Å²) in [5, 5.41) is 9.35. The van der Waals surface area contributed by atoms with Crippen molar-refractivity contribution in [3.63, 3.8) is 0 Å². The summed E-state index contributed by atoms with van der Waals surface area (Å²) in [6.07, 6.45) is 0.401. The van der Waals surface area contributed by atoms with E-state index in [0.29, 0.717) is 11.7 Å². The summed E-state index contributed by atoms with van der Waals surface area (Å²) in [6.45, 7) is 1.96. The van der Waals surface area contributed by atoms with Gasteiger partial charge >= 0.3 is 5.97 Å². The third-order valence-electron chi connectivity index (χ3n) is 3.12. The highest BCUT2D eigenvalue weighted by molar-refractivity contribution is 5.92. The van der Waals surface area contributed by atoms with Crippen LogP contribution in [0.5, 0.6) is 5.75 Å². The van der Waals surface area contributed by atoms with Gasteiger partial charge in [0.05, 0.1) is 12.2 Å². The van der Waals surface area contributed by atoms with Gasteiger partial charge in [0, 0.05) is 5.39 Å². The number of aromatic hydroxyl groups is 1. The van der Waals surface area contributed by atoms with Gasteiger partial charge in [-0.25, -0.2) is 13.6 Å². The van der Waals surface area contributed by atoms with E-state index in [-0.39, 0.29) is 23.5 Å². The average Bonchev–Trinajstić information content (AvgIpc) is 3.04. The van der Waals surface area contributed by atoms with Crippen LogP contribution in [0.3, 0.4) is 0 Å². The molecule has 1 heterocycles. The Morgan fingerprint density at radius 1 is 1.20 bits per heavy atom. The SMILES string of the molecule is CCOC(=O)c1cc2cccc(F)c2o1.O=Cc1cccc(F)c1O. The number of phenols is 1. The van der Waals surface area contributed by atoms with E-state index in [1.807, 2.05) is 0 Å². The monoisotopic (exact) mass is 348 g/mol. The Hall–Kier alpha value is -3.22. The van der Waals surface area contributed by atoms with Crippen LogP contribution in [-0.4, -0.2) is 24.0 Å². The number of rotatable bonds is 3. The Bertz CT molecular complexity index is 902. The minimum atomic E-state index is -0.774. The Kier molecular flexibility index (Phi) is 5.84. The zero-order chi connectivity index (χ0) is 18.4. The van der Waals surface area contributed by atoms with Crippen LogP contribution in [0.1, 0.15) is 27.8 Å². The number of aldehydes is 1. The lowest BCUT2D eigenvalue weighted by molar-refractivity contribution is 0.0492. The molecule has 130 valence electrons. The van der Waals surface area contributed by atoms with E-state index < -0.39 is 23.4 Å². The van der Waals surface area contributed by atoms with E-state index in [1.165, 1.54) is 24.3 Å². The first kappa shape index (κ1) is 18.1. The molecule has 0 spiro atoms. The van der Waals surface area contributed by atoms with Crippen molar-refractivity contribution in [1.82, 2.24) is 0 Å². The van der Waals surface area contributed by atoms with Crippen LogP contribution in [0.2, 0.25) is 0 Å². The van der Waals surface area contributed by atoms with Gasteiger partial charge in [-0.15, -0.1) is 0 Å². The van der Waals surface area contributed by atoms with Crippen LogP contribution in [-0.2, 0) is 4.74 Å². The fourth-order valence-corrected chi connectivity index (χ4v) is 1.96. The van der Waals surface area contributed by atoms with Crippen molar-refractivity contribution < 1.29 is 32.6 Å². The van der Waals surface area contributed by atoms with Gasteiger partial charge in [0.2, 0.25) is 5.76 Å². The zero-order valence-corrected chi connectivity index (χ0v) is 13.2. The second kappa shape index (κ2) is 8.05. The third kappa shape index (κ3) is 4.20. The molecule has 3 rings (SSSR count). The summed E-state index contributed by atoms with van der Waals surface area (Å²) in [6, 6.07) is 9.76. The number of para-hydroxylation sites is 2. The van der Waals surface area contributed by atoms with Gasteiger partial charge in [0.15, 0.2) is 29.3 Å². The maximum Gasteiger partial charge on any atom is 0.374 e. The van der Waals surface area contributed by atoms with Crippen LogP contribution < -0.4 is 0 Å². The third-order valence-corrected chi connectivity index (χ3v) is 3.12. The Balaban J connectivity index is 0.000000196. The summed E-state index contributed by atoms with van der Waals surface area (Å²) in [4.78, 5) is 21.3. The van der Waals surface area contributed by atoms with Crippen molar-refractivity contribution in [2.75, 3.05) is 6.61 Å². The van der Waals surface area contributed by atoms with Crippen LogP contribution in [0.25, 0.3) is 11.0 Å². The van der Waals surface area contributed by atoms with E-state index in [1.54, 1.807) is 19.1 Å². The summed E-state index contributed by atoms with van der Waals surface area (Å²) in [7, 11) is 0. The van der Waals surface area contributed by atoms with Gasteiger partial charge in [-0.1, -0.05) is 18.2 Å². The van der Waals surface area contributed by atoms with Crippen LogP contribution in [0.15, 0.2) is 46.9 Å². The van der Waals surface area contributed by atoms with E-state index in [4.69, 9.17) is 14.3 Å². The topological polar surface area (TPSA) is 76.7 Å². The molecule has 0 atom stereocenters. The quantitative estimate of drug-likeness (QED) is 0.570. The molecule has 3 aromatic rings. The van der Waals surface area contributed by atoms with Gasteiger partial charge in [0.25, 0.3) is 0 Å². The molecule has 0 amide bonds. The van der Waals surface area contributed by atoms with Crippen molar-refractivity contribution >= 4 is 23.2 Å². The Morgan fingerprint density at radius 3 is 2.48 bits per heavy atom. The van der Waals surface area contributed by atoms with Crippen molar-refractivity contribution in [2.45, 2.75) is 6.92 Å². The number of halogens is 2. The lowest BCUT2D eigenvalue weighted by Gasteiger charge is -1.95. The van der Waals surface area contributed by atoms with Gasteiger partial charge in [-0.2, -0.15) is 0 Å². The van der Waals surface area contributed by atoms with E-state index in [9.17, 15) is 18.4 Å². The Labute approximate surface area is 141 Å². The second-order valence-corrected chi connectivity index (χ2v) is 4.78. The smallest absolute Gasteiger partial charge is 0.374 e. The molecule has 25 heavy (non-hydrogen) atoms. The number of ether oxygens (including phenoxy) is 1. The summed E-state index contributed by atoms with van der Waals surface area (Å²) < 4.78 is 35.4. The minimum absolute atomic E-state index is 0.0250. The molecule has 0 unspecified atom stereocenters. The number of phenolic OH excluding ortho intramolecular Hbond substituents is 1. The first-order valence-electron chi connectivity index (χ1n) is 7.25. The molecule has 0 saturated heterocycles. The van der Waals surface area contributed by atoms with Crippen molar-refractivity contribution in [2.24, 2.45) is 0 Å².